The molecule has 30 heavy (non-hydrogen) atoms. The van der Waals surface area contributed by atoms with Crippen LogP contribution >= 0.6 is 0 Å². The molecule has 9 heteroatoms. The molecule has 0 spiro atoms. The summed E-state index contributed by atoms with van der Waals surface area (Å²) in [7, 11) is 0. The van der Waals surface area contributed by atoms with Gasteiger partial charge < -0.3 is 20.4 Å². The molecule has 0 radical (unpaired) electrons. The first-order chi connectivity index (χ1) is 14.4. The van der Waals surface area contributed by atoms with Crippen LogP contribution < -0.4 is 10.6 Å². The second kappa shape index (κ2) is 10.1. The number of benzene rings is 1. The van der Waals surface area contributed by atoms with Gasteiger partial charge >= 0.3 is 0 Å². The molecule has 0 bridgehead atoms. The Morgan fingerprint density at radius 1 is 1.17 bits per heavy atom. The predicted octanol–water partition coefficient (Wildman–Crippen LogP) is 2.08. The Balaban J connectivity index is 1.69. The molecular weight excluding hydrogens is 386 g/mol. The summed E-state index contributed by atoms with van der Waals surface area (Å²) < 4.78 is 0. The SMILES string of the molecule is Cc1ccc(NC(=C[N+](=O)[O-])NC2CCCCN(CC(=O)N3CCCC3)C2=O)cc1. The number of likely N-dealkylation sites (tertiary alicyclic amines) is 2. The maximum atomic E-state index is 13.1. The number of nitrogens with one attached hydrogen (secondary N) is 2. The summed E-state index contributed by atoms with van der Waals surface area (Å²) in [4.78, 5) is 39.5. The number of hydrogen-bond acceptors (Lipinski definition) is 6. The van der Waals surface area contributed by atoms with E-state index in [9.17, 15) is 19.7 Å². The predicted molar refractivity (Wildman–Crippen MR) is 113 cm³/mol. The highest BCUT2D eigenvalue weighted by Crippen LogP contribution is 2.17. The molecule has 0 aromatic heterocycles. The van der Waals surface area contributed by atoms with E-state index < -0.39 is 11.0 Å². The van der Waals surface area contributed by atoms with Crippen molar-refractivity contribution >= 4 is 17.5 Å². The van der Waals surface area contributed by atoms with Crippen molar-refractivity contribution in [3.05, 3.63) is 52.0 Å². The molecule has 1 unspecified atom stereocenters. The van der Waals surface area contributed by atoms with Crippen LogP contribution in [0.3, 0.4) is 0 Å². The van der Waals surface area contributed by atoms with E-state index in [0.717, 1.165) is 50.5 Å². The maximum Gasteiger partial charge on any atom is 0.274 e. The van der Waals surface area contributed by atoms with Gasteiger partial charge in [0, 0.05) is 25.3 Å². The van der Waals surface area contributed by atoms with Crippen LogP contribution in [0.2, 0.25) is 0 Å². The number of hydrogen-bond donors (Lipinski definition) is 2. The van der Waals surface area contributed by atoms with E-state index in [4.69, 9.17) is 0 Å². The van der Waals surface area contributed by atoms with E-state index in [1.54, 1.807) is 9.80 Å². The zero-order valence-corrected chi connectivity index (χ0v) is 17.3. The molecule has 3 rings (SSSR count). The molecule has 0 saturated carbocycles. The minimum Gasteiger partial charge on any atom is -0.355 e. The second-order valence-electron chi connectivity index (χ2n) is 7.86. The minimum absolute atomic E-state index is 0.0275. The molecule has 1 aromatic carbocycles. The molecule has 2 N–H and O–H groups in total. The number of carbonyl (C=O) groups is 2. The Hall–Kier alpha value is -3.10. The van der Waals surface area contributed by atoms with Gasteiger partial charge in [-0.2, -0.15) is 0 Å². The number of rotatable bonds is 7. The first-order valence-corrected chi connectivity index (χ1v) is 10.4. The van der Waals surface area contributed by atoms with Crippen LogP contribution in [-0.2, 0) is 9.59 Å². The molecule has 2 saturated heterocycles. The molecule has 2 aliphatic heterocycles. The van der Waals surface area contributed by atoms with Crippen molar-refractivity contribution in [1.82, 2.24) is 15.1 Å². The number of nitrogens with zero attached hydrogens (tertiary/aromatic N) is 3. The van der Waals surface area contributed by atoms with Crippen LogP contribution in [0.5, 0.6) is 0 Å². The van der Waals surface area contributed by atoms with Crippen LogP contribution in [0, 0.1) is 17.0 Å². The molecule has 2 aliphatic rings. The minimum atomic E-state index is -0.622. The Morgan fingerprint density at radius 2 is 1.83 bits per heavy atom. The standard InChI is InChI=1S/C21H29N5O4/c1-16-7-9-17(10-8-16)22-19(14-26(29)30)23-18-6-2-3-13-25(21(18)28)15-20(27)24-11-4-5-12-24/h7-10,14,18,22-23H,2-6,11-13,15H2,1H3. The third kappa shape index (κ3) is 5.95. The van der Waals surface area contributed by atoms with Gasteiger partial charge in [-0.25, -0.2) is 0 Å². The van der Waals surface area contributed by atoms with E-state index in [1.807, 2.05) is 31.2 Å². The van der Waals surface area contributed by atoms with Gasteiger partial charge in [-0.15, -0.1) is 0 Å². The Morgan fingerprint density at radius 3 is 2.50 bits per heavy atom. The molecule has 162 valence electrons. The molecule has 1 aromatic rings. The van der Waals surface area contributed by atoms with E-state index in [2.05, 4.69) is 10.6 Å². The number of amides is 2. The monoisotopic (exact) mass is 415 g/mol. The molecule has 1 atom stereocenters. The summed E-state index contributed by atoms with van der Waals surface area (Å²) in [5.41, 5.74) is 1.76. The number of aryl methyl sites for hydroxylation is 1. The maximum absolute atomic E-state index is 13.1. The number of anilines is 1. The van der Waals surface area contributed by atoms with Gasteiger partial charge in [-0.3, -0.25) is 19.7 Å². The first kappa shape index (κ1) is 21.6. The molecule has 2 amide bonds. The van der Waals surface area contributed by atoms with Gasteiger partial charge in [0.15, 0.2) is 5.82 Å². The normalized spacial score (nSPS) is 20.1. The largest absolute Gasteiger partial charge is 0.355 e. The smallest absolute Gasteiger partial charge is 0.274 e. The van der Waals surface area contributed by atoms with Crippen LogP contribution in [0.1, 0.15) is 37.7 Å². The van der Waals surface area contributed by atoms with Crippen LogP contribution in [0.25, 0.3) is 0 Å². The van der Waals surface area contributed by atoms with Gasteiger partial charge in [0.2, 0.25) is 11.8 Å². The lowest BCUT2D eigenvalue weighted by Crippen LogP contribution is -2.49. The number of carbonyl (C=O) groups excluding carboxylic acids is 2. The highest BCUT2D eigenvalue weighted by Gasteiger charge is 2.30. The van der Waals surface area contributed by atoms with Crippen LogP contribution in [0.4, 0.5) is 5.69 Å². The summed E-state index contributed by atoms with van der Waals surface area (Å²) in [6, 6.07) is 6.81. The average molecular weight is 415 g/mol. The highest BCUT2D eigenvalue weighted by atomic mass is 16.6. The summed E-state index contributed by atoms with van der Waals surface area (Å²) >= 11 is 0. The Labute approximate surface area is 176 Å². The fourth-order valence-corrected chi connectivity index (χ4v) is 3.82. The van der Waals surface area contributed by atoms with Gasteiger partial charge in [-0.05, 0) is 51.2 Å². The molecule has 9 nitrogen and oxygen atoms in total. The van der Waals surface area contributed by atoms with Gasteiger partial charge in [0.25, 0.3) is 6.20 Å². The third-order valence-corrected chi connectivity index (χ3v) is 5.46. The molecular formula is C21H29N5O4. The van der Waals surface area contributed by atoms with Crippen molar-refractivity contribution in [3.8, 4) is 0 Å². The highest BCUT2D eigenvalue weighted by molar-refractivity contribution is 5.88. The van der Waals surface area contributed by atoms with E-state index in [-0.39, 0.29) is 24.2 Å². The van der Waals surface area contributed by atoms with E-state index in [1.165, 1.54) is 0 Å². The van der Waals surface area contributed by atoms with E-state index >= 15 is 0 Å². The van der Waals surface area contributed by atoms with Crippen molar-refractivity contribution in [2.45, 2.75) is 45.1 Å². The lowest BCUT2D eigenvalue weighted by molar-refractivity contribution is -0.403. The Kier molecular flexibility index (Phi) is 7.26. The quantitative estimate of drug-likeness (QED) is 0.521. The van der Waals surface area contributed by atoms with Crippen molar-refractivity contribution in [2.24, 2.45) is 0 Å². The van der Waals surface area contributed by atoms with Gasteiger partial charge in [0.1, 0.15) is 6.04 Å². The third-order valence-electron chi connectivity index (χ3n) is 5.46. The zero-order chi connectivity index (χ0) is 21.5. The average Bonchev–Trinajstić information content (AvgIpc) is 3.19. The lowest BCUT2D eigenvalue weighted by Gasteiger charge is -2.27. The fourth-order valence-electron chi connectivity index (χ4n) is 3.82. The molecule has 0 aliphatic carbocycles. The Bertz CT molecular complexity index is 802. The first-order valence-electron chi connectivity index (χ1n) is 10.4. The fraction of sp³-hybridized carbons (Fsp3) is 0.524. The van der Waals surface area contributed by atoms with Crippen molar-refractivity contribution in [3.63, 3.8) is 0 Å². The number of nitro groups is 1. The van der Waals surface area contributed by atoms with Crippen LogP contribution in [0.15, 0.2) is 36.3 Å². The van der Waals surface area contributed by atoms with Crippen molar-refractivity contribution < 1.29 is 14.5 Å². The molecule has 2 fully saturated rings. The second-order valence-corrected chi connectivity index (χ2v) is 7.86. The zero-order valence-electron chi connectivity index (χ0n) is 17.3. The topological polar surface area (TPSA) is 108 Å². The van der Waals surface area contributed by atoms with Gasteiger partial charge in [0.05, 0.1) is 11.5 Å². The summed E-state index contributed by atoms with van der Waals surface area (Å²) in [5.74, 6) is -0.0738. The van der Waals surface area contributed by atoms with Crippen LogP contribution in [-0.4, -0.2) is 58.8 Å². The molecule has 2 heterocycles. The van der Waals surface area contributed by atoms with Crippen molar-refractivity contribution in [2.75, 3.05) is 31.5 Å². The van der Waals surface area contributed by atoms with Gasteiger partial charge in [-0.1, -0.05) is 17.7 Å². The summed E-state index contributed by atoms with van der Waals surface area (Å²) in [6.07, 6.45) is 4.99. The van der Waals surface area contributed by atoms with Crippen molar-refractivity contribution in [1.29, 1.82) is 0 Å². The summed E-state index contributed by atoms with van der Waals surface area (Å²) in [5, 5.41) is 17.1. The lowest BCUT2D eigenvalue weighted by atomic mass is 10.1. The summed E-state index contributed by atoms with van der Waals surface area (Å²) in [6.45, 7) is 4.04. The van der Waals surface area contributed by atoms with E-state index in [0.29, 0.717) is 18.7 Å².